The molecule has 0 saturated heterocycles. The molecule has 0 atom stereocenters. The summed E-state index contributed by atoms with van der Waals surface area (Å²) in [5, 5.41) is 0.365. The Morgan fingerprint density at radius 1 is 1.36 bits per heavy atom. The molecule has 0 aliphatic heterocycles. The van der Waals surface area contributed by atoms with Crippen molar-refractivity contribution in [3.8, 4) is 0 Å². The standard InChI is InChI=1S/C9H6BrNO3/c1-4-2-3-5-6(7(4)10)8(12)14-9(13)11-5/h2-3H,1H3,(H,11,13). The van der Waals surface area contributed by atoms with Crippen LogP contribution in [0.2, 0.25) is 0 Å². The van der Waals surface area contributed by atoms with Gasteiger partial charge in [-0.2, -0.15) is 0 Å². The molecule has 2 rings (SSSR count). The Hall–Kier alpha value is -1.36. The van der Waals surface area contributed by atoms with E-state index in [1.54, 1.807) is 6.07 Å². The minimum Gasteiger partial charge on any atom is -0.372 e. The average molecular weight is 256 g/mol. The van der Waals surface area contributed by atoms with Gasteiger partial charge in [0.05, 0.1) is 10.9 Å². The molecule has 0 amide bonds. The lowest BCUT2D eigenvalue weighted by atomic mass is 10.2. The van der Waals surface area contributed by atoms with Crippen LogP contribution in [0.3, 0.4) is 0 Å². The zero-order chi connectivity index (χ0) is 10.3. The van der Waals surface area contributed by atoms with Crippen molar-refractivity contribution in [2.24, 2.45) is 0 Å². The highest BCUT2D eigenvalue weighted by atomic mass is 79.9. The lowest BCUT2D eigenvalue weighted by Gasteiger charge is -2.00. The summed E-state index contributed by atoms with van der Waals surface area (Å²) in [5.41, 5.74) is 0.764. The number of aromatic amines is 1. The molecule has 0 radical (unpaired) electrons. The third-order valence-electron chi connectivity index (χ3n) is 1.96. The van der Waals surface area contributed by atoms with Gasteiger partial charge in [0.1, 0.15) is 0 Å². The number of H-pyrrole nitrogens is 1. The minimum atomic E-state index is -0.738. The summed E-state index contributed by atoms with van der Waals surface area (Å²) in [6, 6.07) is 3.48. The molecule has 2 aromatic rings. The molecule has 5 heteroatoms. The Balaban J connectivity index is 3.11. The zero-order valence-corrected chi connectivity index (χ0v) is 8.84. The Labute approximate surface area is 86.7 Å². The number of nitrogens with one attached hydrogen (secondary N) is 1. The van der Waals surface area contributed by atoms with Crippen molar-refractivity contribution >= 4 is 26.8 Å². The second kappa shape index (κ2) is 3.09. The number of aryl methyl sites for hydroxylation is 1. The average Bonchev–Trinajstić information content (AvgIpc) is 2.10. The Bertz CT molecular complexity index is 611. The van der Waals surface area contributed by atoms with E-state index in [-0.39, 0.29) is 0 Å². The number of rotatable bonds is 0. The molecule has 0 aliphatic carbocycles. The third kappa shape index (κ3) is 1.29. The molecule has 1 N–H and O–H groups in total. The Morgan fingerprint density at radius 2 is 2.07 bits per heavy atom. The van der Waals surface area contributed by atoms with E-state index in [1.165, 1.54) is 0 Å². The summed E-state index contributed by atoms with van der Waals surface area (Å²) in [7, 11) is 0. The Morgan fingerprint density at radius 3 is 2.79 bits per heavy atom. The number of benzene rings is 1. The van der Waals surface area contributed by atoms with Gasteiger partial charge in [0.2, 0.25) is 0 Å². The second-order valence-corrected chi connectivity index (χ2v) is 3.71. The maximum Gasteiger partial charge on any atom is 0.419 e. The van der Waals surface area contributed by atoms with Crippen molar-refractivity contribution in [1.82, 2.24) is 4.98 Å². The highest BCUT2D eigenvalue weighted by Crippen LogP contribution is 2.22. The topological polar surface area (TPSA) is 63.1 Å². The lowest BCUT2D eigenvalue weighted by molar-refractivity contribution is 0.460. The predicted octanol–water partition coefficient (Wildman–Crippen LogP) is 1.55. The van der Waals surface area contributed by atoms with E-state index < -0.39 is 11.4 Å². The number of hydrogen-bond donors (Lipinski definition) is 1. The summed E-state index contributed by atoms with van der Waals surface area (Å²) in [5.74, 6) is -0.738. The molecular formula is C9H6BrNO3. The molecule has 1 aromatic carbocycles. The van der Waals surface area contributed by atoms with Crippen molar-refractivity contribution in [2.45, 2.75) is 6.92 Å². The van der Waals surface area contributed by atoms with Crippen LogP contribution in [-0.2, 0) is 0 Å². The van der Waals surface area contributed by atoms with Crippen LogP contribution in [-0.4, -0.2) is 4.98 Å². The van der Waals surface area contributed by atoms with Crippen molar-refractivity contribution in [2.75, 3.05) is 0 Å². The summed E-state index contributed by atoms with van der Waals surface area (Å²) in [6.45, 7) is 1.86. The first-order valence-corrected chi connectivity index (χ1v) is 4.71. The minimum absolute atomic E-state index is 0.365. The molecule has 72 valence electrons. The first-order valence-electron chi connectivity index (χ1n) is 3.92. The predicted molar refractivity (Wildman–Crippen MR) is 55.5 cm³/mol. The monoisotopic (exact) mass is 255 g/mol. The molecule has 0 aliphatic rings. The quantitative estimate of drug-likeness (QED) is 0.777. The fraction of sp³-hybridized carbons (Fsp3) is 0.111. The summed E-state index contributed by atoms with van der Waals surface area (Å²) in [6.07, 6.45) is 0. The van der Waals surface area contributed by atoms with Crippen LogP contribution in [0.4, 0.5) is 0 Å². The van der Waals surface area contributed by atoms with E-state index in [0.29, 0.717) is 15.4 Å². The number of halogens is 1. The molecule has 0 saturated carbocycles. The molecule has 0 unspecified atom stereocenters. The molecule has 0 bridgehead atoms. The van der Waals surface area contributed by atoms with Crippen molar-refractivity contribution in [3.05, 3.63) is 43.1 Å². The molecule has 14 heavy (non-hydrogen) atoms. The highest BCUT2D eigenvalue weighted by molar-refractivity contribution is 9.10. The van der Waals surface area contributed by atoms with Gasteiger partial charge in [-0.05, 0) is 34.5 Å². The fourth-order valence-corrected chi connectivity index (χ4v) is 1.76. The maximum atomic E-state index is 11.4. The Kier molecular flexibility index (Phi) is 2.03. The maximum absolute atomic E-state index is 11.4. The van der Waals surface area contributed by atoms with E-state index in [4.69, 9.17) is 0 Å². The van der Waals surface area contributed by atoms with Gasteiger partial charge >= 0.3 is 11.4 Å². The normalized spacial score (nSPS) is 10.7. The van der Waals surface area contributed by atoms with E-state index in [2.05, 4.69) is 25.3 Å². The van der Waals surface area contributed by atoms with Crippen LogP contribution in [0, 0.1) is 6.92 Å². The van der Waals surface area contributed by atoms with Crippen molar-refractivity contribution in [3.63, 3.8) is 0 Å². The zero-order valence-electron chi connectivity index (χ0n) is 7.26. The molecular weight excluding hydrogens is 250 g/mol. The van der Waals surface area contributed by atoms with Gasteiger partial charge in [-0.25, -0.2) is 9.59 Å². The van der Waals surface area contributed by atoms with Crippen molar-refractivity contribution < 1.29 is 4.42 Å². The van der Waals surface area contributed by atoms with Crippen LogP contribution in [0.25, 0.3) is 10.9 Å². The van der Waals surface area contributed by atoms with Gasteiger partial charge in [-0.15, -0.1) is 0 Å². The molecule has 1 heterocycles. The van der Waals surface area contributed by atoms with Crippen molar-refractivity contribution in [1.29, 1.82) is 0 Å². The largest absolute Gasteiger partial charge is 0.419 e. The van der Waals surface area contributed by atoms with Gasteiger partial charge in [-0.1, -0.05) is 6.07 Å². The van der Waals surface area contributed by atoms with Gasteiger partial charge in [0.15, 0.2) is 0 Å². The smallest absolute Gasteiger partial charge is 0.372 e. The number of hydrogen-bond acceptors (Lipinski definition) is 3. The fourth-order valence-electron chi connectivity index (χ4n) is 1.25. The summed E-state index contributed by atoms with van der Waals surface area (Å²) >= 11 is 3.27. The van der Waals surface area contributed by atoms with Crippen LogP contribution >= 0.6 is 15.9 Å². The first kappa shape index (κ1) is 9.21. The molecule has 1 aromatic heterocycles. The van der Waals surface area contributed by atoms with Gasteiger partial charge < -0.3 is 4.42 Å². The van der Waals surface area contributed by atoms with E-state index in [1.807, 2.05) is 13.0 Å². The first-order chi connectivity index (χ1) is 6.59. The summed E-state index contributed by atoms with van der Waals surface area (Å²) in [4.78, 5) is 24.7. The number of fused-ring (bicyclic) bond motifs is 1. The van der Waals surface area contributed by atoms with Crippen LogP contribution in [0.15, 0.2) is 30.6 Å². The number of aromatic nitrogens is 1. The van der Waals surface area contributed by atoms with Gasteiger partial charge in [0, 0.05) is 4.47 Å². The molecule has 4 nitrogen and oxygen atoms in total. The molecule has 0 fully saturated rings. The molecule has 0 spiro atoms. The lowest BCUT2D eigenvalue weighted by Crippen LogP contribution is -2.14. The second-order valence-electron chi connectivity index (χ2n) is 2.92. The van der Waals surface area contributed by atoms with E-state index in [9.17, 15) is 9.59 Å². The van der Waals surface area contributed by atoms with E-state index in [0.717, 1.165) is 5.56 Å². The van der Waals surface area contributed by atoms with Gasteiger partial charge in [0.25, 0.3) is 0 Å². The van der Waals surface area contributed by atoms with Gasteiger partial charge in [-0.3, -0.25) is 4.98 Å². The van der Waals surface area contributed by atoms with Crippen LogP contribution in [0.1, 0.15) is 5.56 Å². The van der Waals surface area contributed by atoms with Crippen LogP contribution < -0.4 is 11.4 Å². The van der Waals surface area contributed by atoms with Crippen LogP contribution in [0.5, 0.6) is 0 Å². The van der Waals surface area contributed by atoms with E-state index >= 15 is 0 Å². The third-order valence-corrected chi connectivity index (χ3v) is 2.98. The SMILES string of the molecule is Cc1ccc2[nH]c(=O)oc(=O)c2c1Br. The highest BCUT2D eigenvalue weighted by Gasteiger charge is 2.08. The summed E-state index contributed by atoms with van der Waals surface area (Å²) < 4.78 is 5.08.